The van der Waals surface area contributed by atoms with E-state index in [0.29, 0.717) is 31.1 Å². The molecule has 134 valence electrons. The van der Waals surface area contributed by atoms with Gasteiger partial charge in [0.25, 0.3) is 5.91 Å². The highest BCUT2D eigenvalue weighted by molar-refractivity contribution is 5.96. The van der Waals surface area contributed by atoms with Crippen LogP contribution in [0, 0.1) is 5.41 Å². The van der Waals surface area contributed by atoms with E-state index in [4.69, 9.17) is 9.47 Å². The number of para-hydroxylation sites is 1. The summed E-state index contributed by atoms with van der Waals surface area (Å²) in [4.78, 5) is 12.7. The Morgan fingerprint density at radius 2 is 2.08 bits per heavy atom. The van der Waals surface area contributed by atoms with Crippen molar-refractivity contribution in [2.24, 2.45) is 5.41 Å². The number of allylic oxidation sites excluding steroid dienone is 4. The minimum absolute atomic E-state index is 0.123. The van der Waals surface area contributed by atoms with Crippen LogP contribution in [0.1, 0.15) is 30.1 Å². The molecule has 0 aliphatic carbocycles. The van der Waals surface area contributed by atoms with Gasteiger partial charge in [-0.25, -0.2) is 0 Å². The van der Waals surface area contributed by atoms with Gasteiger partial charge in [0.15, 0.2) is 0 Å². The molecule has 1 N–H and O–H groups in total. The average molecular weight is 341 g/mol. The molecule has 2 rings (SSSR count). The van der Waals surface area contributed by atoms with Crippen LogP contribution >= 0.6 is 0 Å². The number of amides is 1. The second-order valence-electron chi connectivity index (χ2n) is 6.13. The molecule has 1 aromatic rings. The minimum atomic E-state index is -0.142. The van der Waals surface area contributed by atoms with Gasteiger partial charge in [-0.15, -0.1) is 0 Å². The normalized spacial score (nSPS) is 17.3. The summed E-state index contributed by atoms with van der Waals surface area (Å²) in [6.45, 7) is 7.76. The molecule has 0 radical (unpaired) electrons. The fraction of sp³-hybridized carbons (Fsp3) is 0.381. The molecule has 25 heavy (non-hydrogen) atoms. The predicted octanol–water partition coefficient (Wildman–Crippen LogP) is 3.91. The summed E-state index contributed by atoms with van der Waals surface area (Å²) in [6, 6.07) is 7.26. The van der Waals surface area contributed by atoms with E-state index >= 15 is 0 Å². The van der Waals surface area contributed by atoms with E-state index in [0.717, 1.165) is 12.8 Å². The van der Waals surface area contributed by atoms with Gasteiger partial charge in [0.2, 0.25) is 0 Å². The van der Waals surface area contributed by atoms with Crippen molar-refractivity contribution in [3.05, 3.63) is 66.3 Å². The van der Waals surface area contributed by atoms with Crippen LogP contribution in [0.3, 0.4) is 0 Å². The number of carbonyl (C=O) groups is 1. The third-order valence-corrected chi connectivity index (χ3v) is 4.64. The quantitative estimate of drug-likeness (QED) is 0.765. The molecule has 1 fully saturated rings. The van der Waals surface area contributed by atoms with Crippen LogP contribution in [0.15, 0.2) is 60.7 Å². The van der Waals surface area contributed by atoms with Crippen molar-refractivity contribution in [1.82, 2.24) is 5.32 Å². The molecule has 0 saturated carbocycles. The number of ether oxygens (including phenoxy) is 2. The standard InChI is InChI=1S/C21H27NO3/c1-4-8-17(9-5-2)21(12-14-25-15-13-21)16-22-20(23)18-10-6-7-11-19(18)24-3/h4-11H,1,12-16H2,2-3H3,(H,22,23)/b9-5+,17-8-. The number of benzene rings is 1. The van der Waals surface area contributed by atoms with Crippen LogP contribution in [0.5, 0.6) is 5.75 Å². The first-order valence-electron chi connectivity index (χ1n) is 8.62. The number of nitrogens with one attached hydrogen (secondary N) is 1. The zero-order chi connectivity index (χ0) is 18.1. The van der Waals surface area contributed by atoms with Gasteiger partial charge in [-0.05, 0) is 37.5 Å². The maximum atomic E-state index is 12.7. The maximum Gasteiger partial charge on any atom is 0.255 e. The summed E-state index contributed by atoms with van der Waals surface area (Å²) >= 11 is 0. The van der Waals surface area contributed by atoms with E-state index in [1.54, 1.807) is 25.3 Å². The van der Waals surface area contributed by atoms with Crippen LogP contribution in [0.2, 0.25) is 0 Å². The fourth-order valence-corrected chi connectivity index (χ4v) is 3.22. The average Bonchev–Trinajstić information content (AvgIpc) is 2.66. The molecule has 0 unspecified atom stereocenters. The second-order valence-corrected chi connectivity index (χ2v) is 6.13. The maximum absolute atomic E-state index is 12.7. The first-order valence-corrected chi connectivity index (χ1v) is 8.62. The monoisotopic (exact) mass is 341 g/mol. The van der Waals surface area contributed by atoms with E-state index in [-0.39, 0.29) is 11.3 Å². The summed E-state index contributed by atoms with van der Waals surface area (Å²) in [6.07, 6.45) is 9.68. The van der Waals surface area contributed by atoms with E-state index in [9.17, 15) is 4.79 Å². The Morgan fingerprint density at radius 1 is 1.36 bits per heavy atom. The number of rotatable bonds is 7. The molecule has 1 aliphatic heterocycles. The topological polar surface area (TPSA) is 47.6 Å². The summed E-state index contributed by atoms with van der Waals surface area (Å²) in [5, 5.41) is 3.10. The highest BCUT2D eigenvalue weighted by atomic mass is 16.5. The Labute approximate surface area is 150 Å². The van der Waals surface area contributed by atoms with Gasteiger partial charge < -0.3 is 14.8 Å². The molecule has 0 bridgehead atoms. The van der Waals surface area contributed by atoms with Gasteiger partial charge in [-0.3, -0.25) is 4.79 Å². The summed E-state index contributed by atoms with van der Waals surface area (Å²) in [5.74, 6) is 0.457. The van der Waals surface area contributed by atoms with Gasteiger partial charge in [0.05, 0.1) is 12.7 Å². The van der Waals surface area contributed by atoms with Crippen molar-refractivity contribution in [3.8, 4) is 5.75 Å². The van der Waals surface area contributed by atoms with Crippen molar-refractivity contribution in [2.75, 3.05) is 26.9 Å². The summed E-state index contributed by atoms with van der Waals surface area (Å²) in [5.41, 5.74) is 1.58. The van der Waals surface area contributed by atoms with E-state index in [1.165, 1.54) is 5.57 Å². The zero-order valence-electron chi connectivity index (χ0n) is 15.1. The van der Waals surface area contributed by atoms with Gasteiger partial charge in [0.1, 0.15) is 5.75 Å². The van der Waals surface area contributed by atoms with Crippen LogP contribution in [-0.2, 0) is 4.74 Å². The lowest BCUT2D eigenvalue weighted by Gasteiger charge is -2.38. The SMILES string of the molecule is C=C/C=C(/C=C/C)C1(CNC(=O)c2ccccc2OC)CCOCC1. The molecule has 1 heterocycles. The van der Waals surface area contributed by atoms with Crippen LogP contribution < -0.4 is 10.1 Å². The van der Waals surface area contributed by atoms with Gasteiger partial charge in [-0.2, -0.15) is 0 Å². The lowest BCUT2D eigenvalue weighted by atomic mass is 9.73. The molecule has 0 spiro atoms. The van der Waals surface area contributed by atoms with Gasteiger partial charge in [-0.1, -0.05) is 43.0 Å². The molecule has 1 aromatic carbocycles. The predicted molar refractivity (Wildman–Crippen MR) is 101 cm³/mol. The third kappa shape index (κ3) is 4.60. The van der Waals surface area contributed by atoms with E-state index < -0.39 is 0 Å². The van der Waals surface area contributed by atoms with E-state index in [2.05, 4.69) is 18.0 Å². The van der Waals surface area contributed by atoms with E-state index in [1.807, 2.05) is 31.2 Å². The first-order chi connectivity index (χ1) is 12.2. The number of methoxy groups -OCH3 is 1. The summed E-state index contributed by atoms with van der Waals surface area (Å²) in [7, 11) is 1.57. The van der Waals surface area contributed by atoms with Crippen molar-refractivity contribution >= 4 is 5.91 Å². The lowest BCUT2D eigenvalue weighted by molar-refractivity contribution is 0.0331. The van der Waals surface area contributed by atoms with Crippen molar-refractivity contribution in [1.29, 1.82) is 0 Å². The molecule has 4 nitrogen and oxygen atoms in total. The molecule has 4 heteroatoms. The van der Waals surface area contributed by atoms with Gasteiger partial charge >= 0.3 is 0 Å². The van der Waals surface area contributed by atoms with Crippen molar-refractivity contribution < 1.29 is 14.3 Å². The Balaban J connectivity index is 2.21. The molecule has 1 amide bonds. The second kappa shape index (κ2) is 9.23. The Morgan fingerprint density at radius 3 is 2.72 bits per heavy atom. The summed E-state index contributed by atoms with van der Waals surface area (Å²) < 4.78 is 10.8. The molecule has 0 atom stereocenters. The zero-order valence-corrected chi connectivity index (χ0v) is 15.1. The molecular weight excluding hydrogens is 314 g/mol. The molecular formula is C21H27NO3. The smallest absolute Gasteiger partial charge is 0.255 e. The Kier molecular flexibility index (Phi) is 7.02. The number of carbonyl (C=O) groups excluding carboxylic acids is 1. The highest BCUT2D eigenvalue weighted by Gasteiger charge is 2.35. The molecule has 0 aromatic heterocycles. The highest BCUT2D eigenvalue weighted by Crippen LogP contribution is 2.38. The number of hydrogen-bond donors (Lipinski definition) is 1. The first kappa shape index (κ1) is 19.0. The number of hydrogen-bond acceptors (Lipinski definition) is 3. The molecule has 1 aliphatic rings. The van der Waals surface area contributed by atoms with Crippen molar-refractivity contribution in [3.63, 3.8) is 0 Å². The fourth-order valence-electron chi connectivity index (χ4n) is 3.22. The van der Waals surface area contributed by atoms with Crippen LogP contribution in [-0.4, -0.2) is 32.8 Å². The van der Waals surface area contributed by atoms with Gasteiger partial charge in [0, 0.05) is 25.2 Å². The van der Waals surface area contributed by atoms with Crippen LogP contribution in [0.25, 0.3) is 0 Å². The lowest BCUT2D eigenvalue weighted by Crippen LogP contribution is -2.42. The van der Waals surface area contributed by atoms with Crippen molar-refractivity contribution in [2.45, 2.75) is 19.8 Å². The minimum Gasteiger partial charge on any atom is -0.496 e. The Hall–Kier alpha value is -2.33. The third-order valence-electron chi connectivity index (χ3n) is 4.64. The largest absolute Gasteiger partial charge is 0.496 e. The van der Waals surface area contributed by atoms with Crippen LogP contribution in [0.4, 0.5) is 0 Å². The molecule has 1 saturated heterocycles. The Bertz CT molecular complexity index is 655.